The number of nitrogens with one attached hydrogen (secondary N) is 1. The first-order valence-electron chi connectivity index (χ1n) is 7.85. The predicted molar refractivity (Wildman–Crippen MR) is 94.8 cm³/mol. The van der Waals surface area contributed by atoms with Gasteiger partial charge in [-0.3, -0.25) is 0 Å². The summed E-state index contributed by atoms with van der Waals surface area (Å²) in [5, 5.41) is 2.25. The second kappa shape index (κ2) is 9.50. The summed E-state index contributed by atoms with van der Waals surface area (Å²) in [6.07, 6.45) is -4.74. The van der Waals surface area contributed by atoms with Crippen molar-refractivity contribution < 1.29 is 32.2 Å². The van der Waals surface area contributed by atoms with E-state index in [1.165, 1.54) is 0 Å². The highest BCUT2D eigenvalue weighted by Gasteiger charge is 2.32. The van der Waals surface area contributed by atoms with Gasteiger partial charge in [0.15, 0.2) is 0 Å². The monoisotopic (exact) mass is 428 g/mol. The lowest BCUT2D eigenvalue weighted by Gasteiger charge is -2.22. The summed E-state index contributed by atoms with van der Waals surface area (Å²) in [7, 11) is 0. The van der Waals surface area contributed by atoms with E-state index in [2.05, 4.69) is 10.3 Å². The van der Waals surface area contributed by atoms with Crippen molar-refractivity contribution in [2.75, 3.05) is 12.4 Å². The van der Waals surface area contributed by atoms with Crippen LogP contribution in [0.1, 0.15) is 33.3 Å². The zero-order chi connectivity index (χ0) is 20.8. The van der Waals surface area contributed by atoms with Gasteiger partial charge >= 0.3 is 18.2 Å². The Hall–Kier alpha value is -1.68. The number of hydrogen-bond donors (Lipinski definition) is 1. The summed E-state index contributed by atoms with van der Waals surface area (Å²) in [5.41, 5.74) is -1.75. The van der Waals surface area contributed by atoms with E-state index < -0.39 is 35.4 Å². The van der Waals surface area contributed by atoms with Gasteiger partial charge in [0, 0.05) is 11.9 Å². The Balaban J connectivity index is 2.84. The quantitative estimate of drug-likeness (QED) is 0.537. The number of ether oxygens (including phenoxy) is 2. The topological polar surface area (TPSA) is 77.5 Å². The highest BCUT2D eigenvalue weighted by Crippen LogP contribution is 2.33. The molecular weight excluding hydrogens is 409 g/mol. The summed E-state index contributed by atoms with van der Waals surface area (Å²) in [5.74, 6) is -0.769. The maximum atomic E-state index is 12.7. The Morgan fingerprint density at radius 2 is 1.96 bits per heavy atom. The Bertz CT molecular complexity index is 681. The van der Waals surface area contributed by atoms with Crippen molar-refractivity contribution >= 4 is 35.4 Å². The molecule has 0 saturated heterocycles. The number of aromatic nitrogens is 1. The fourth-order valence-corrected chi connectivity index (χ4v) is 2.91. The summed E-state index contributed by atoms with van der Waals surface area (Å²) >= 11 is 6.75. The molecular formula is C16H20ClF3N2O4S. The number of alkyl halides is 3. The Labute approximate surface area is 164 Å². The van der Waals surface area contributed by atoms with Gasteiger partial charge in [-0.15, -0.1) is 11.8 Å². The van der Waals surface area contributed by atoms with Crippen LogP contribution >= 0.6 is 23.4 Å². The molecule has 1 aromatic rings. The minimum atomic E-state index is -4.56. The molecule has 11 heteroatoms. The first-order chi connectivity index (χ1) is 12.3. The largest absolute Gasteiger partial charge is 0.464 e. The van der Waals surface area contributed by atoms with Gasteiger partial charge in [-0.05, 0) is 33.8 Å². The number of thioether (sulfide) groups is 1. The molecule has 0 radical (unpaired) electrons. The molecule has 0 fully saturated rings. The van der Waals surface area contributed by atoms with E-state index in [-0.39, 0.29) is 22.4 Å². The molecule has 1 N–H and O–H groups in total. The first kappa shape index (κ1) is 23.4. The van der Waals surface area contributed by atoms with Crippen molar-refractivity contribution in [2.24, 2.45) is 0 Å². The Kier molecular flexibility index (Phi) is 8.22. The van der Waals surface area contributed by atoms with Gasteiger partial charge in [-0.25, -0.2) is 14.6 Å². The molecule has 0 aliphatic heterocycles. The fraction of sp³-hybridized carbons (Fsp3) is 0.562. The number of amides is 1. The van der Waals surface area contributed by atoms with E-state index in [1.54, 1.807) is 27.7 Å². The van der Waals surface area contributed by atoms with E-state index in [0.29, 0.717) is 6.20 Å². The van der Waals surface area contributed by atoms with Crippen LogP contribution in [0.5, 0.6) is 0 Å². The zero-order valence-corrected chi connectivity index (χ0v) is 16.7. The van der Waals surface area contributed by atoms with Crippen LogP contribution < -0.4 is 5.32 Å². The van der Waals surface area contributed by atoms with E-state index >= 15 is 0 Å². The molecule has 0 aromatic carbocycles. The number of carbonyl (C=O) groups excluding carboxylic acids is 2. The third kappa shape index (κ3) is 8.25. The molecule has 0 aliphatic rings. The van der Waals surface area contributed by atoms with Crippen molar-refractivity contribution in [3.05, 3.63) is 22.8 Å². The lowest BCUT2D eigenvalue weighted by Crippen LogP contribution is -2.45. The first-order valence-corrected chi connectivity index (χ1v) is 9.21. The number of pyridine rings is 1. The molecule has 1 heterocycles. The zero-order valence-electron chi connectivity index (χ0n) is 15.1. The van der Waals surface area contributed by atoms with Crippen molar-refractivity contribution in [3.63, 3.8) is 0 Å². The van der Waals surface area contributed by atoms with Crippen LogP contribution in [-0.4, -0.2) is 41.0 Å². The van der Waals surface area contributed by atoms with Crippen LogP contribution in [0.25, 0.3) is 0 Å². The van der Waals surface area contributed by atoms with Gasteiger partial charge in [0.1, 0.15) is 16.7 Å². The summed E-state index contributed by atoms with van der Waals surface area (Å²) in [6, 6.07) is -0.345. The van der Waals surface area contributed by atoms with Crippen LogP contribution in [0.3, 0.4) is 0 Å². The number of halogens is 4. The SMILES string of the molecule is CCOC(=O)[C@@H](CSc1ncc(C(F)(F)F)cc1Cl)NC(=O)OC(C)(C)C. The molecule has 0 bridgehead atoms. The van der Waals surface area contributed by atoms with Crippen molar-refractivity contribution in [3.8, 4) is 0 Å². The molecule has 0 spiro atoms. The van der Waals surface area contributed by atoms with E-state index in [0.717, 1.165) is 17.8 Å². The normalized spacial score (nSPS) is 13.0. The van der Waals surface area contributed by atoms with Gasteiger partial charge in [0.2, 0.25) is 0 Å². The van der Waals surface area contributed by atoms with Gasteiger partial charge in [0.05, 0.1) is 17.2 Å². The average molecular weight is 429 g/mol. The highest BCUT2D eigenvalue weighted by atomic mass is 35.5. The third-order valence-corrected chi connectivity index (χ3v) is 4.28. The lowest BCUT2D eigenvalue weighted by atomic mass is 10.2. The van der Waals surface area contributed by atoms with Crippen LogP contribution in [-0.2, 0) is 20.4 Å². The standard InChI is InChI=1S/C16H20ClF3N2O4S/c1-5-25-13(23)11(22-14(24)26-15(2,3)4)8-27-12-10(17)6-9(7-21-12)16(18,19)20/h6-7,11H,5,8H2,1-4H3,(H,22,24)/t11-/m1/s1. The Morgan fingerprint density at radius 3 is 2.44 bits per heavy atom. The van der Waals surface area contributed by atoms with Crippen LogP contribution in [0, 0.1) is 0 Å². The number of alkyl carbamates (subject to hydrolysis) is 1. The molecule has 1 rings (SSSR count). The summed E-state index contributed by atoms with van der Waals surface area (Å²) < 4.78 is 47.9. The molecule has 6 nitrogen and oxygen atoms in total. The molecule has 0 saturated carbocycles. The smallest absolute Gasteiger partial charge is 0.417 e. The minimum Gasteiger partial charge on any atom is -0.464 e. The summed E-state index contributed by atoms with van der Waals surface area (Å²) in [4.78, 5) is 27.6. The molecule has 1 atom stereocenters. The molecule has 0 aliphatic carbocycles. The maximum Gasteiger partial charge on any atom is 0.417 e. The fourth-order valence-electron chi connectivity index (χ4n) is 1.71. The third-order valence-electron chi connectivity index (χ3n) is 2.78. The van der Waals surface area contributed by atoms with Gasteiger partial charge in [0.25, 0.3) is 0 Å². The van der Waals surface area contributed by atoms with Crippen LogP contribution in [0.15, 0.2) is 17.3 Å². The molecule has 0 unspecified atom stereocenters. The number of carbonyl (C=O) groups is 2. The molecule has 1 aromatic heterocycles. The number of hydrogen-bond acceptors (Lipinski definition) is 6. The van der Waals surface area contributed by atoms with Crippen molar-refractivity contribution in [1.82, 2.24) is 10.3 Å². The van der Waals surface area contributed by atoms with Gasteiger partial charge in [-0.1, -0.05) is 11.6 Å². The number of nitrogens with zero attached hydrogens (tertiary/aromatic N) is 1. The van der Waals surface area contributed by atoms with Crippen LogP contribution in [0.4, 0.5) is 18.0 Å². The van der Waals surface area contributed by atoms with E-state index in [4.69, 9.17) is 21.1 Å². The second-order valence-corrected chi connectivity index (χ2v) is 7.69. The number of rotatable bonds is 6. The van der Waals surface area contributed by atoms with E-state index in [9.17, 15) is 22.8 Å². The molecule has 27 heavy (non-hydrogen) atoms. The second-order valence-electron chi connectivity index (χ2n) is 6.27. The Morgan fingerprint density at radius 1 is 1.33 bits per heavy atom. The van der Waals surface area contributed by atoms with Crippen molar-refractivity contribution in [2.45, 2.75) is 50.5 Å². The van der Waals surface area contributed by atoms with Crippen LogP contribution in [0.2, 0.25) is 5.02 Å². The van der Waals surface area contributed by atoms with Crippen molar-refractivity contribution in [1.29, 1.82) is 0 Å². The maximum absolute atomic E-state index is 12.7. The minimum absolute atomic E-state index is 0.0594. The highest BCUT2D eigenvalue weighted by molar-refractivity contribution is 7.99. The average Bonchev–Trinajstić information content (AvgIpc) is 2.49. The van der Waals surface area contributed by atoms with Gasteiger partial charge in [-0.2, -0.15) is 13.2 Å². The predicted octanol–water partition coefficient (Wildman–Crippen LogP) is 4.30. The number of esters is 1. The lowest BCUT2D eigenvalue weighted by molar-refractivity contribution is -0.145. The molecule has 1 amide bonds. The summed E-state index contributed by atoms with van der Waals surface area (Å²) in [6.45, 7) is 6.67. The molecule has 152 valence electrons. The van der Waals surface area contributed by atoms with Gasteiger partial charge < -0.3 is 14.8 Å². The van der Waals surface area contributed by atoms with E-state index in [1.807, 2.05) is 0 Å².